The molecule has 0 saturated carbocycles. The molecule has 0 bridgehead atoms. The fourth-order valence-electron chi connectivity index (χ4n) is 3.60. The van der Waals surface area contributed by atoms with Gasteiger partial charge in [-0.05, 0) is 24.0 Å². The molecule has 1 amide bonds. The molecule has 26 heavy (non-hydrogen) atoms. The third kappa shape index (κ3) is 3.14. The number of H-pyrrole nitrogens is 1. The van der Waals surface area contributed by atoms with Gasteiger partial charge in [-0.15, -0.1) is 0 Å². The van der Waals surface area contributed by atoms with Crippen molar-refractivity contribution in [2.45, 2.75) is 46.1 Å². The van der Waals surface area contributed by atoms with E-state index in [0.29, 0.717) is 13.0 Å². The van der Waals surface area contributed by atoms with Crippen LogP contribution >= 0.6 is 0 Å². The van der Waals surface area contributed by atoms with E-state index in [1.807, 2.05) is 35.2 Å². The molecule has 1 atom stereocenters. The van der Waals surface area contributed by atoms with Crippen molar-refractivity contribution in [2.24, 2.45) is 5.41 Å². The van der Waals surface area contributed by atoms with E-state index in [0.717, 1.165) is 41.0 Å². The molecule has 1 aliphatic heterocycles. The molecule has 3 aromatic rings. The molecular formula is C21H25N3O2. The molecule has 2 aromatic heterocycles. The second-order valence-electron chi connectivity index (χ2n) is 8.25. The van der Waals surface area contributed by atoms with Crippen LogP contribution in [0.15, 0.2) is 41.1 Å². The number of carbonyl (C=O) groups excluding carboxylic acids is 1. The number of aromatic amines is 1. The second kappa shape index (κ2) is 6.31. The first-order chi connectivity index (χ1) is 12.4. The Morgan fingerprint density at radius 3 is 2.92 bits per heavy atom. The van der Waals surface area contributed by atoms with E-state index in [-0.39, 0.29) is 17.4 Å². The molecule has 5 nitrogen and oxygen atoms in total. The topological polar surface area (TPSA) is 62.1 Å². The smallest absolute Gasteiger partial charge is 0.223 e. The summed E-state index contributed by atoms with van der Waals surface area (Å²) in [5.74, 6) is 0.947. The van der Waals surface area contributed by atoms with Crippen LogP contribution in [0.25, 0.3) is 11.0 Å². The Morgan fingerprint density at radius 2 is 2.15 bits per heavy atom. The maximum Gasteiger partial charge on any atom is 0.223 e. The molecule has 1 aromatic carbocycles. The highest BCUT2D eigenvalue weighted by Gasteiger charge is 2.36. The Morgan fingerprint density at radius 1 is 1.35 bits per heavy atom. The summed E-state index contributed by atoms with van der Waals surface area (Å²) < 4.78 is 6.11. The van der Waals surface area contributed by atoms with Crippen molar-refractivity contribution in [2.75, 3.05) is 6.54 Å². The van der Waals surface area contributed by atoms with Gasteiger partial charge >= 0.3 is 0 Å². The van der Waals surface area contributed by atoms with E-state index < -0.39 is 0 Å². The van der Waals surface area contributed by atoms with E-state index >= 15 is 0 Å². The number of furan rings is 1. The average molecular weight is 351 g/mol. The van der Waals surface area contributed by atoms with Crippen LogP contribution in [0.4, 0.5) is 0 Å². The molecule has 1 N–H and O–H groups in total. The standard InChI is InChI=1S/C21H25N3O2/c1-21(2,3)10-8-18(25)24-11-9-15-19(23-13-22-15)20(24)17-12-14-6-4-5-7-16(14)26-17/h4-7,12-13,20H,8-11H2,1-3H3,(H,22,23)/t20-/m0/s1. The summed E-state index contributed by atoms with van der Waals surface area (Å²) in [6.07, 6.45) is 3.92. The van der Waals surface area contributed by atoms with Gasteiger partial charge in [0.2, 0.25) is 5.91 Å². The number of amides is 1. The lowest BCUT2D eigenvalue weighted by Crippen LogP contribution is -2.40. The van der Waals surface area contributed by atoms with Crippen molar-refractivity contribution in [1.29, 1.82) is 0 Å². The van der Waals surface area contributed by atoms with E-state index in [2.05, 4.69) is 30.7 Å². The Bertz CT molecular complexity index is 899. The lowest BCUT2D eigenvalue weighted by atomic mass is 9.90. The quantitative estimate of drug-likeness (QED) is 0.758. The highest BCUT2D eigenvalue weighted by Crippen LogP contribution is 2.37. The molecule has 5 heteroatoms. The number of nitrogens with one attached hydrogen (secondary N) is 1. The summed E-state index contributed by atoms with van der Waals surface area (Å²) >= 11 is 0. The van der Waals surface area contributed by atoms with Crippen LogP contribution in [0.1, 0.15) is 56.8 Å². The van der Waals surface area contributed by atoms with E-state index in [1.165, 1.54) is 0 Å². The minimum atomic E-state index is -0.259. The third-order valence-electron chi connectivity index (χ3n) is 5.05. The van der Waals surface area contributed by atoms with Crippen molar-refractivity contribution in [3.8, 4) is 0 Å². The number of fused-ring (bicyclic) bond motifs is 2. The van der Waals surface area contributed by atoms with Gasteiger partial charge in [0.15, 0.2) is 0 Å². The van der Waals surface area contributed by atoms with E-state index in [9.17, 15) is 4.79 Å². The molecule has 136 valence electrons. The fraction of sp³-hybridized carbons (Fsp3) is 0.429. The summed E-state index contributed by atoms with van der Waals surface area (Å²) in [5.41, 5.74) is 2.97. The Labute approximate surface area is 153 Å². The lowest BCUT2D eigenvalue weighted by Gasteiger charge is -2.34. The molecule has 0 unspecified atom stereocenters. The minimum Gasteiger partial charge on any atom is -0.458 e. The van der Waals surface area contributed by atoms with Gasteiger partial charge in [0, 0.05) is 30.5 Å². The van der Waals surface area contributed by atoms with Gasteiger partial charge in [-0.25, -0.2) is 4.98 Å². The maximum absolute atomic E-state index is 13.0. The Kier molecular flexibility index (Phi) is 4.10. The van der Waals surface area contributed by atoms with Crippen LogP contribution < -0.4 is 0 Å². The molecular weight excluding hydrogens is 326 g/mol. The van der Waals surface area contributed by atoms with Crippen molar-refractivity contribution < 1.29 is 9.21 Å². The second-order valence-corrected chi connectivity index (χ2v) is 8.25. The number of para-hydroxylation sites is 1. The normalized spacial score (nSPS) is 17.5. The maximum atomic E-state index is 13.0. The number of hydrogen-bond donors (Lipinski definition) is 1. The molecule has 4 rings (SSSR count). The fourth-order valence-corrected chi connectivity index (χ4v) is 3.60. The number of benzene rings is 1. The molecule has 0 radical (unpaired) electrons. The van der Waals surface area contributed by atoms with Gasteiger partial charge in [-0.2, -0.15) is 0 Å². The monoisotopic (exact) mass is 351 g/mol. The van der Waals surface area contributed by atoms with Gasteiger partial charge in [0.1, 0.15) is 17.4 Å². The van der Waals surface area contributed by atoms with Gasteiger partial charge in [0.25, 0.3) is 0 Å². The number of carbonyl (C=O) groups is 1. The number of hydrogen-bond acceptors (Lipinski definition) is 3. The molecule has 0 spiro atoms. The van der Waals surface area contributed by atoms with Gasteiger partial charge < -0.3 is 14.3 Å². The summed E-state index contributed by atoms with van der Waals surface area (Å²) in [6.45, 7) is 7.18. The first kappa shape index (κ1) is 16.9. The van der Waals surface area contributed by atoms with Crippen LogP contribution in [-0.4, -0.2) is 27.3 Å². The number of imidazole rings is 1. The SMILES string of the molecule is CC(C)(C)CCC(=O)N1CCc2[nH]cnc2[C@@H]1c1cc2ccccc2o1. The lowest BCUT2D eigenvalue weighted by molar-refractivity contribution is -0.134. The average Bonchev–Trinajstić information content (AvgIpc) is 3.24. The molecule has 1 aliphatic rings. The third-order valence-corrected chi connectivity index (χ3v) is 5.05. The Hall–Kier alpha value is -2.56. The largest absolute Gasteiger partial charge is 0.458 e. The van der Waals surface area contributed by atoms with Crippen molar-refractivity contribution in [3.05, 3.63) is 53.8 Å². The molecule has 0 fully saturated rings. The van der Waals surface area contributed by atoms with Gasteiger partial charge in [-0.1, -0.05) is 39.0 Å². The van der Waals surface area contributed by atoms with Crippen LogP contribution in [0.5, 0.6) is 0 Å². The van der Waals surface area contributed by atoms with E-state index in [1.54, 1.807) is 6.33 Å². The zero-order valence-corrected chi connectivity index (χ0v) is 15.6. The summed E-state index contributed by atoms with van der Waals surface area (Å²) in [6, 6.07) is 9.72. The highest BCUT2D eigenvalue weighted by molar-refractivity contribution is 5.80. The molecule has 0 saturated heterocycles. The number of rotatable bonds is 3. The van der Waals surface area contributed by atoms with Crippen molar-refractivity contribution >= 4 is 16.9 Å². The van der Waals surface area contributed by atoms with Crippen LogP contribution in [-0.2, 0) is 11.2 Å². The predicted molar refractivity (Wildman–Crippen MR) is 101 cm³/mol. The highest BCUT2D eigenvalue weighted by atomic mass is 16.3. The number of aromatic nitrogens is 2. The molecule has 0 aliphatic carbocycles. The number of nitrogens with zero attached hydrogens (tertiary/aromatic N) is 2. The van der Waals surface area contributed by atoms with Gasteiger partial charge in [0.05, 0.1) is 12.0 Å². The first-order valence-corrected chi connectivity index (χ1v) is 9.22. The first-order valence-electron chi connectivity index (χ1n) is 9.22. The summed E-state index contributed by atoms with van der Waals surface area (Å²) in [7, 11) is 0. The summed E-state index contributed by atoms with van der Waals surface area (Å²) in [4.78, 5) is 22.7. The predicted octanol–water partition coefficient (Wildman–Crippen LogP) is 4.46. The zero-order valence-electron chi connectivity index (χ0n) is 15.6. The Balaban J connectivity index is 1.70. The van der Waals surface area contributed by atoms with Crippen LogP contribution in [0, 0.1) is 5.41 Å². The van der Waals surface area contributed by atoms with Crippen LogP contribution in [0.2, 0.25) is 0 Å². The summed E-state index contributed by atoms with van der Waals surface area (Å²) in [5, 5.41) is 1.05. The zero-order chi connectivity index (χ0) is 18.3. The van der Waals surface area contributed by atoms with Crippen molar-refractivity contribution in [3.63, 3.8) is 0 Å². The van der Waals surface area contributed by atoms with Crippen molar-refractivity contribution in [1.82, 2.24) is 14.9 Å². The van der Waals surface area contributed by atoms with Gasteiger partial charge in [-0.3, -0.25) is 4.79 Å². The van der Waals surface area contributed by atoms with Crippen LogP contribution in [0.3, 0.4) is 0 Å². The minimum absolute atomic E-state index is 0.137. The molecule has 3 heterocycles. The van der Waals surface area contributed by atoms with E-state index in [4.69, 9.17) is 4.42 Å².